The lowest BCUT2D eigenvalue weighted by Crippen LogP contribution is -2.55. The molecule has 2 heterocycles. The van der Waals surface area contributed by atoms with E-state index in [1.807, 2.05) is 38.3 Å². The SMILES string of the molecule is CCCCC(C)C1CC(=O)NC(Cc2cccs2)C(=O)NC(C)C(=O)NC(C(C)CC)C(=O)O1. The molecule has 3 amide bonds. The van der Waals surface area contributed by atoms with Gasteiger partial charge in [-0.25, -0.2) is 4.79 Å². The highest BCUT2D eigenvalue weighted by molar-refractivity contribution is 7.09. The maximum absolute atomic E-state index is 13.1. The van der Waals surface area contributed by atoms with Gasteiger partial charge in [-0.15, -0.1) is 11.3 Å². The van der Waals surface area contributed by atoms with Gasteiger partial charge in [-0.2, -0.15) is 0 Å². The second-order valence-electron chi connectivity index (χ2n) is 9.30. The molecule has 0 saturated carbocycles. The van der Waals surface area contributed by atoms with Gasteiger partial charge in [0.1, 0.15) is 24.2 Å². The molecule has 1 fully saturated rings. The molecule has 0 aromatic carbocycles. The van der Waals surface area contributed by atoms with Crippen LogP contribution in [0.4, 0.5) is 0 Å². The number of carbonyl (C=O) groups is 4. The predicted molar refractivity (Wildman–Crippen MR) is 132 cm³/mol. The van der Waals surface area contributed by atoms with E-state index in [2.05, 4.69) is 22.9 Å². The van der Waals surface area contributed by atoms with Crippen LogP contribution in [0.5, 0.6) is 0 Å². The highest BCUT2D eigenvalue weighted by atomic mass is 32.1. The molecule has 1 aromatic heterocycles. The van der Waals surface area contributed by atoms with Crippen molar-refractivity contribution < 1.29 is 23.9 Å². The fourth-order valence-electron chi connectivity index (χ4n) is 3.90. The largest absolute Gasteiger partial charge is 0.460 e. The molecule has 0 aliphatic carbocycles. The van der Waals surface area contributed by atoms with Crippen LogP contribution in [0.15, 0.2) is 17.5 Å². The minimum absolute atomic E-state index is 0.0401. The van der Waals surface area contributed by atoms with Gasteiger partial charge in [0.25, 0.3) is 0 Å². The monoisotopic (exact) mass is 493 g/mol. The number of unbranched alkanes of at least 4 members (excludes halogenated alkanes) is 1. The third-order valence-electron chi connectivity index (χ3n) is 6.46. The molecule has 1 saturated heterocycles. The Bertz CT molecular complexity index is 829. The van der Waals surface area contributed by atoms with Crippen molar-refractivity contribution in [1.82, 2.24) is 16.0 Å². The lowest BCUT2D eigenvalue weighted by molar-refractivity contribution is -0.158. The summed E-state index contributed by atoms with van der Waals surface area (Å²) in [6.07, 6.45) is 3.02. The maximum Gasteiger partial charge on any atom is 0.329 e. The van der Waals surface area contributed by atoms with Crippen LogP contribution in [0.2, 0.25) is 0 Å². The topological polar surface area (TPSA) is 114 Å². The van der Waals surface area contributed by atoms with Gasteiger partial charge in [0.05, 0.1) is 6.42 Å². The van der Waals surface area contributed by atoms with E-state index in [-0.39, 0.29) is 24.2 Å². The van der Waals surface area contributed by atoms with Crippen LogP contribution < -0.4 is 16.0 Å². The molecule has 8 nitrogen and oxygen atoms in total. The molecule has 6 atom stereocenters. The number of amides is 3. The second-order valence-corrected chi connectivity index (χ2v) is 10.3. The summed E-state index contributed by atoms with van der Waals surface area (Å²) in [4.78, 5) is 53.0. The molecule has 1 aromatic rings. The van der Waals surface area contributed by atoms with Crippen LogP contribution in [-0.4, -0.2) is 47.9 Å². The van der Waals surface area contributed by atoms with Gasteiger partial charge in [-0.1, -0.05) is 53.0 Å². The number of esters is 1. The summed E-state index contributed by atoms with van der Waals surface area (Å²) in [5.41, 5.74) is 0. The molecule has 0 spiro atoms. The van der Waals surface area contributed by atoms with Gasteiger partial charge >= 0.3 is 5.97 Å². The second kappa shape index (κ2) is 13.5. The number of thiophene rings is 1. The molecule has 6 unspecified atom stereocenters. The quantitative estimate of drug-likeness (QED) is 0.482. The van der Waals surface area contributed by atoms with Gasteiger partial charge in [-0.3, -0.25) is 14.4 Å². The fourth-order valence-corrected chi connectivity index (χ4v) is 4.65. The molecular formula is C25H39N3O5S. The Morgan fingerprint density at radius 1 is 1.06 bits per heavy atom. The maximum atomic E-state index is 13.1. The fraction of sp³-hybridized carbons (Fsp3) is 0.680. The number of carbonyl (C=O) groups excluding carboxylic acids is 4. The van der Waals surface area contributed by atoms with Crippen molar-refractivity contribution in [2.75, 3.05) is 0 Å². The van der Waals surface area contributed by atoms with Crippen molar-refractivity contribution in [3.8, 4) is 0 Å². The van der Waals surface area contributed by atoms with Crippen LogP contribution in [-0.2, 0) is 30.3 Å². The molecule has 34 heavy (non-hydrogen) atoms. The standard InChI is InChI=1S/C25H39N3O5S/c1-6-8-10-16(4)20-14-21(29)27-19(13-18-11-9-12-34-18)24(31)26-17(5)23(30)28-22(15(3)7-2)25(32)33-20/h9,11-12,15-17,19-20,22H,6-8,10,13-14H2,1-5H3,(H,26,31)(H,27,29)(H,28,30). The summed E-state index contributed by atoms with van der Waals surface area (Å²) in [6.45, 7) is 9.41. The Balaban J connectivity index is 2.36. The van der Waals surface area contributed by atoms with E-state index in [9.17, 15) is 19.2 Å². The summed E-state index contributed by atoms with van der Waals surface area (Å²) < 4.78 is 5.86. The molecule has 0 bridgehead atoms. The lowest BCUT2D eigenvalue weighted by Gasteiger charge is -2.29. The van der Waals surface area contributed by atoms with Gasteiger partial charge in [0, 0.05) is 11.3 Å². The van der Waals surface area contributed by atoms with Gasteiger partial charge in [0.15, 0.2) is 0 Å². The molecular weight excluding hydrogens is 454 g/mol. The van der Waals surface area contributed by atoms with E-state index in [1.165, 1.54) is 11.3 Å². The minimum Gasteiger partial charge on any atom is -0.460 e. The zero-order chi connectivity index (χ0) is 25.3. The van der Waals surface area contributed by atoms with E-state index >= 15 is 0 Å². The third kappa shape index (κ3) is 8.11. The van der Waals surface area contributed by atoms with E-state index in [1.54, 1.807) is 6.92 Å². The number of rotatable bonds is 8. The Morgan fingerprint density at radius 3 is 2.41 bits per heavy atom. The van der Waals surface area contributed by atoms with Crippen molar-refractivity contribution in [2.24, 2.45) is 11.8 Å². The van der Waals surface area contributed by atoms with Crippen molar-refractivity contribution in [3.63, 3.8) is 0 Å². The molecule has 9 heteroatoms. The number of cyclic esters (lactones) is 1. The van der Waals surface area contributed by atoms with Crippen molar-refractivity contribution in [2.45, 2.75) is 97.4 Å². The van der Waals surface area contributed by atoms with Crippen molar-refractivity contribution in [1.29, 1.82) is 0 Å². The normalized spacial score (nSPS) is 26.6. The smallest absolute Gasteiger partial charge is 0.329 e. The highest BCUT2D eigenvalue weighted by Crippen LogP contribution is 2.21. The summed E-state index contributed by atoms with van der Waals surface area (Å²) in [7, 11) is 0. The summed E-state index contributed by atoms with van der Waals surface area (Å²) >= 11 is 1.49. The van der Waals surface area contributed by atoms with Crippen LogP contribution in [0.1, 0.15) is 71.6 Å². The van der Waals surface area contributed by atoms with E-state index in [4.69, 9.17) is 4.74 Å². The molecule has 2 rings (SSSR count). The minimum atomic E-state index is -0.880. The molecule has 3 N–H and O–H groups in total. The first kappa shape index (κ1) is 27.8. The Morgan fingerprint density at radius 2 is 1.79 bits per heavy atom. The summed E-state index contributed by atoms with van der Waals surface area (Å²) in [5.74, 6) is -2.02. The zero-order valence-electron chi connectivity index (χ0n) is 20.9. The average molecular weight is 494 g/mol. The molecule has 1 aliphatic heterocycles. The van der Waals surface area contributed by atoms with Crippen LogP contribution in [0.25, 0.3) is 0 Å². The highest BCUT2D eigenvalue weighted by Gasteiger charge is 2.35. The van der Waals surface area contributed by atoms with Gasteiger partial charge in [-0.05, 0) is 36.6 Å². The van der Waals surface area contributed by atoms with Crippen molar-refractivity contribution >= 4 is 35.0 Å². The molecule has 1 aliphatic rings. The summed E-state index contributed by atoms with van der Waals surface area (Å²) in [5, 5.41) is 10.2. The first-order chi connectivity index (χ1) is 16.2. The number of hydrogen-bond donors (Lipinski definition) is 3. The number of ether oxygens (including phenoxy) is 1. The van der Waals surface area contributed by atoms with Crippen LogP contribution >= 0.6 is 11.3 Å². The van der Waals surface area contributed by atoms with Crippen LogP contribution in [0, 0.1) is 11.8 Å². The lowest BCUT2D eigenvalue weighted by atomic mass is 9.94. The van der Waals surface area contributed by atoms with Crippen molar-refractivity contribution in [3.05, 3.63) is 22.4 Å². The first-order valence-electron chi connectivity index (χ1n) is 12.3. The first-order valence-corrected chi connectivity index (χ1v) is 13.2. The zero-order valence-corrected chi connectivity index (χ0v) is 21.7. The van der Waals surface area contributed by atoms with Gasteiger partial charge in [0.2, 0.25) is 17.7 Å². The van der Waals surface area contributed by atoms with E-state index < -0.39 is 42.0 Å². The Kier molecular flexibility index (Phi) is 11.0. The Hall–Kier alpha value is -2.42. The van der Waals surface area contributed by atoms with Crippen LogP contribution in [0.3, 0.4) is 0 Å². The Labute approximate surface area is 206 Å². The number of hydrogen-bond acceptors (Lipinski definition) is 6. The predicted octanol–water partition coefficient (Wildman–Crippen LogP) is 2.95. The third-order valence-corrected chi connectivity index (χ3v) is 7.35. The average Bonchev–Trinajstić information content (AvgIpc) is 3.31. The number of nitrogens with one attached hydrogen (secondary N) is 3. The van der Waals surface area contributed by atoms with Gasteiger partial charge < -0.3 is 20.7 Å². The summed E-state index contributed by atoms with van der Waals surface area (Å²) in [6, 6.07) is 1.21. The molecule has 190 valence electrons. The van der Waals surface area contributed by atoms with E-state index in [0.29, 0.717) is 12.8 Å². The van der Waals surface area contributed by atoms with E-state index in [0.717, 1.165) is 24.1 Å². The molecule has 0 radical (unpaired) electrons.